The van der Waals surface area contributed by atoms with Crippen molar-refractivity contribution in [3.05, 3.63) is 59.2 Å². The lowest BCUT2D eigenvalue weighted by Gasteiger charge is -2.14. The van der Waals surface area contributed by atoms with Gasteiger partial charge in [-0.25, -0.2) is 0 Å². The van der Waals surface area contributed by atoms with Gasteiger partial charge in [-0.15, -0.1) is 0 Å². The number of nitrogens with one attached hydrogen (secondary N) is 1. The molecule has 0 aliphatic carbocycles. The number of hydrogen-bond acceptors (Lipinski definition) is 3. The number of carbonyl (C=O) groups is 1. The van der Waals surface area contributed by atoms with Crippen molar-refractivity contribution in [3.8, 4) is 5.75 Å². The van der Waals surface area contributed by atoms with Gasteiger partial charge < -0.3 is 15.8 Å². The van der Waals surface area contributed by atoms with Crippen LogP contribution in [-0.4, -0.2) is 18.0 Å². The number of aryl methyl sites for hydroxylation is 1. The molecule has 1 amide bonds. The minimum atomic E-state index is -0.235. The summed E-state index contributed by atoms with van der Waals surface area (Å²) in [6.07, 6.45) is 0. The normalized spacial score (nSPS) is 10.0. The molecule has 4 nitrogen and oxygen atoms in total. The smallest absolute Gasteiger partial charge is 0.255 e. The Bertz CT molecular complexity index is 698. The molecule has 2 rings (SSSR count). The second-order valence-electron chi connectivity index (χ2n) is 4.57. The van der Waals surface area contributed by atoms with E-state index < -0.39 is 0 Å². The standard InChI is InChI=1S/C16H16N2O2S/c1-10-5-3-6-11(9-10)16(19)18-14-12(15(17)21)7-4-8-13(14)20-2/h3-9H,1-2H3,(H2,17,21)(H,18,19). The van der Waals surface area contributed by atoms with Gasteiger partial charge in [-0.2, -0.15) is 0 Å². The topological polar surface area (TPSA) is 64.3 Å². The molecular formula is C16H16N2O2S. The number of para-hydroxylation sites is 1. The molecule has 0 atom stereocenters. The third kappa shape index (κ3) is 3.38. The van der Waals surface area contributed by atoms with Gasteiger partial charge in [0, 0.05) is 11.1 Å². The Kier molecular flexibility index (Phi) is 4.55. The fourth-order valence-electron chi connectivity index (χ4n) is 2.01. The van der Waals surface area contributed by atoms with Gasteiger partial charge >= 0.3 is 0 Å². The summed E-state index contributed by atoms with van der Waals surface area (Å²) in [5.41, 5.74) is 8.34. The number of rotatable bonds is 4. The van der Waals surface area contributed by atoms with Gasteiger partial charge in [-0.3, -0.25) is 4.79 Å². The Morgan fingerprint density at radius 2 is 1.95 bits per heavy atom. The summed E-state index contributed by atoms with van der Waals surface area (Å²) < 4.78 is 5.27. The molecule has 5 heteroatoms. The van der Waals surface area contributed by atoms with Crippen LogP contribution in [0, 0.1) is 6.92 Å². The van der Waals surface area contributed by atoms with E-state index in [4.69, 9.17) is 22.7 Å². The number of benzene rings is 2. The molecular weight excluding hydrogens is 284 g/mol. The van der Waals surface area contributed by atoms with Gasteiger partial charge in [-0.1, -0.05) is 36.0 Å². The van der Waals surface area contributed by atoms with E-state index in [0.717, 1.165) is 5.56 Å². The molecule has 21 heavy (non-hydrogen) atoms. The van der Waals surface area contributed by atoms with E-state index in [2.05, 4.69) is 5.32 Å². The van der Waals surface area contributed by atoms with E-state index in [-0.39, 0.29) is 10.9 Å². The number of methoxy groups -OCH3 is 1. The van der Waals surface area contributed by atoms with Crippen molar-refractivity contribution in [2.45, 2.75) is 6.92 Å². The molecule has 0 heterocycles. The highest BCUT2D eigenvalue weighted by atomic mass is 32.1. The number of nitrogens with two attached hydrogens (primary N) is 1. The first-order valence-corrected chi connectivity index (χ1v) is 6.78. The van der Waals surface area contributed by atoms with Crippen molar-refractivity contribution < 1.29 is 9.53 Å². The van der Waals surface area contributed by atoms with Gasteiger partial charge in [0.25, 0.3) is 5.91 Å². The Balaban J connectivity index is 2.39. The maximum absolute atomic E-state index is 12.4. The average Bonchev–Trinajstić information content (AvgIpc) is 2.47. The molecule has 0 unspecified atom stereocenters. The van der Waals surface area contributed by atoms with Gasteiger partial charge in [0.1, 0.15) is 10.7 Å². The SMILES string of the molecule is COc1cccc(C(N)=S)c1NC(=O)c1cccc(C)c1. The van der Waals surface area contributed by atoms with Crippen LogP contribution in [0.5, 0.6) is 5.75 Å². The predicted octanol–water partition coefficient (Wildman–Crippen LogP) is 2.89. The minimum Gasteiger partial charge on any atom is -0.495 e. The van der Waals surface area contributed by atoms with E-state index >= 15 is 0 Å². The molecule has 0 saturated carbocycles. The van der Waals surface area contributed by atoms with Gasteiger partial charge in [-0.05, 0) is 31.2 Å². The maximum Gasteiger partial charge on any atom is 0.255 e. The van der Waals surface area contributed by atoms with E-state index in [1.165, 1.54) is 7.11 Å². The molecule has 3 N–H and O–H groups in total. The highest BCUT2D eigenvalue weighted by Gasteiger charge is 2.15. The summed E-state index contributed by atoms with van der Waals surface area (Å²) in [5.74, 6) is 0.280. The summed E-state index contributed by atoms with van der Waals surface area (Å²) in [4.78, 5) is 12.6. The third-order valence-corrected chi connectivity index (χ3v) is 3.25. The Labute approximate surface area is 128 Å². The lowest BCUT2D eigenvalue weighted by molar-refractivity contribution is 0.102. The van der Waals surface area contributed by atoms with Crippen LogP contribution in [0.2, 0.25) is 0 Å². The second-order valence-corrected chi connectivity index (χ2v) is 5.01. The molecule has 0 radical (unpaired) electrons. The number of carbonyl (C=O) groups excluding carboxylic acids is 1. The first-order valence-electron chi connectivity index (χ1n) is 6.37. The van der Waals surface area contributed by atoms with E-state index in [0.29, 0.717) is 22.6 Å². The molecule has 0 bridgehead atoms. The zero-order valence-corrected chi connectivity index (χ0v) is 12.7. The van der Waals surface area contributed by atoms with Gasteiger partial charge in [0.05, 0.1) is 12.8 Å². The summed E-state index contributed by atoms with van der Waals surface area (Å²) in [6, 6.07) is 12.6. The highest BCUT2D eigenvalue weighted by molar-refractivity contribution is 7.80. The van der Waals surface area contributed by atoms with Crippen LogP contribution in [0.3, 0.4) is 0 Å². The summed E-state index contributed by atoms with van der Waals surface area (Å²) in [6.45, 7) is 1.93. The molecule has 2 aromatic rings. The number of anilines is 1. The van der Waals surface area contributed by atoms with Crippen molar-refractivity contribution >= 4 is 28.8 Å². The molecule has 0 aliphatic rings. The number of amides is 1. The summed E-state index contributed by atoms with van der Waals surface area (Å²) in [5, 5.41) is 2.82. The molecule has 0 aliphatic heterocycles. The van der Waals surface area contributed by atoms with Crippen LogP contribution in [0.4, 0.5) is 5.69 Å². The van der Waals surface area contributed by atoms with Gasteiger partial charge in [0.2, 0.25) is 0 Å². The van der Waals surface area contributed by atoms with E-state index in [1.54, 1.807) is 24.3 Å². The van der Waals surface area contributed by atoms with E-state index in [9.17, 15) is 4.79 Å². The van der Waals surface area contributed by atoms with Crippen LogP contribution >= 0.6 is 12.2 Å². The van der Waals surface area contributed by atoms with Crippen molar-refractivity contribution in [2.24, 2.45) is 5.73 Å². The minimum absolute atomic E-state index is 0.202. The summed E-state index contributed by atoms with van der Waals surface area (Å²) >= 11 is 5.02. The number of ether oxygens (including phenoxy) is 1. The fourth-order valence-corrected chi connectivity index (χ4v) is 2.18. The molecule has 2 aromatic carbocycles. The van der Waals surface area contributed by atoms with Crippen LogP contribution in [0.25, 0.3) is 0 Å². The van der Waals surface area contributed by atoms with Crippen molar-refractivity contribution in [3.63, 3.8) is 0 Å². The third-order valence-electron chi connectivity index (χ3n) is 3.03. The van der Waals surface area contributed by atoms with Crippen LogP contribution in [0.1, 0.15) is 21.5 Å². The quantitative estimate of drug-likeness (QED) is 0.852. The Morgan fingerprint density at radius 3 is 2.57 bits per heavy atom. The fraction of sp³-hybridized carbons (Fsp3) is 0.125. The second kappa shape index (κ2) is 6.37. The molecule has 0 fully saturated rings. The predicted molar refractivity (Wildman–Crippen MR) is 88.0 cm³/mol. The van der Waals surface area contributed by atoms with Crippen molar-refractivity contribution in [2.75, 3.05) is 12.4 Å². The van der Waals surface area contributed by atoms with Crippen molar-refractivity contribution in [1.82, 2.24) is 0 Å². The largest absolute Gasteiger partial charge is 0.495 e. The lowest BCUT2D eigenvalue weighted by Crippen LogP contribution is -2.18. The first kappa shape index (κ1) is 15.0. The van der Waals surface area contributed by atoms with E-state index in [1.807, 2.05) is 25.1 Å². The van der Waals surface area contributed by atoms with Crippen LogP contribution < -0.4 is 15.8 Å². The summed E-state index contributed by atoms with van der Waals surface area (Å²) in [7, 11) is 1.53. The average molecular weight is 300 g/mol. The Hall–Kier alpha value is -2.40. The lowest BCUT2D eigenvalue weighted by atomic mass is 10.1. The number of thiocarbonyl (C=S) groups is 1. The number of hydrogen-bond donors (Lipinski definition) is 2. The maximum atomic E-state index is 12.4. The zero-order chi connectivity index (χ0) is 15.4. The van der Waals surface area contributed by atoms with Gasteiger partial charge in [0.15, 0.2) is 0 Å². The van der Waals surface area contributed by atoms with Crippen molar-refractivity contribution in [1.29, 1.82) is 0 Å². The zero-order valence-electron chi connectivity index (χ0n) is 11.8. The van der Waals surface area contributed by atoms with Crippen LogP contribution in [0.15, 0.2) is 42.5 Å². The molecule has 0 spiro atoms. The first-order chi connectivity index (χ1) is 10.0. The highest BCUT2D eigenvalue weighted by Crippen LogP contribution is 2.28. The Morgan fingerprint density at radius 1 is 1.24 bits per heavy atom. The molecule has 0 aromatic heterocycles. The monoisotopic (exact) mass is 300 g/mol. The molecule has 108 valence electrons. The molecule has 0 saturated heterocycles. The van der Waals surface area contributed by atoms with Crippen LogP contribution in [-0.2, 0) is 0 Å².